The third kappa shape index (κ3) is 2.88. The molecule has 2 heterocycles. The lowest BCUT2D eigenvalue weighted by Gasteiger charge is -2.05. The van der Waals surface area contributed by atoms with Crippen LogP contribution in [-0.4, -0.2) is 20.3 Å². The highest BCUT2D eigenvalue weighted by Crippen LogP contribution is 2.17. The number of imidazole rings is 1. The molecule has 0 amide bonds. The Morgan fingerprint density at radius 1 is 1.24 bits per heavy atom. The van der Waals surface area contributed by atoms with Crippen molar-refractivity contribution < 1.29 is 4.79 Å². The van der Waals surface area contributed by atoms with Crippen LogP contribution in [0.4, 0.5) is 0 Å². The summed E-state index contributed by atoms with van der Waals surface area (Å²) in [6, 6.07) is 8.00. The zero-order valence-corrected chi connectivity index (χ0v) is 13.0. The molecule has 0 spiro atoms. The number of ketones is 1. The van der Waals surface area contributed by atoms with Gasteiger partial charge in [0.15, 0.2) is 0 Å². The summed E-state index contributed by atoms with van der Waals surface area (Å²) >= 11 is 1.58. The van der Waals surface area contributed by atoms with Crippen molar-refractivity contribution in [2.45, 2.75) is 33.2 Å². The van der Waals surface area contributed by atoms with Crippen molar-refractivity contribution in [1.82, 2.24) is 14.5 Å². The summed E-state index contributed by atoms with van der Waals surface area (Å²) in [5.74, 6) is 1.00. The molecule has 0 unspecified atom stereocenters. The van der Waals surface area contributed by atoms with Crippen molar-refractivity contribution in [3.63, 3.8) is 0 Å². The van der Waals surface area contributed by atoms with E-state index in [0.717, 1.165) is 34.1 Å². The van der Waals surface area contributed by atoms with Crippen LogP contribution in [-0.2, 0) is 24.2 Å². The molecule has 5 heteroatoms. The molecule has 0 aliphatic carbocycles. The van der Waals surface area contributed by atoms with E-state index in [1.807, 2.05) is 36.6 Å². The maximum Gasteiger partial charge on any atom is 0.146 e. The first-order chi connectivity index (χ1) is 10.2. The van der Waals surface area contributed by atoms with Crippen LogP contribution in [0.25, 0.3) is 11.0 Å². The zero-order chi connectivity index (χ0) is 14.8. The van der Waals surface area contributed by atoms with Crippen LogP contribution in [0.15, 0.2) is 29.6 Å². The highest BCUT2D eigenvalue weighted by Gasteiger charge is 2.14. The Bertz CT molecular complexity index is 788. The Kier molecular flexibility index (Phi) is 3.84. The molecule has 2 aromatic heterocycles. The third-order valence-electron chi connectivity index (χ3n) is 3.45. The molecule has 0 aliphatic heterocycles. The van der Waals surface area contributed by atoms with Crippen LogP contribution >= 0.6 is 11.3 Å². The second-order valence-corrected chi connectivity index (χ2v) is 6.07. The standard InChI is InChI=1S/C16H17N3OS/c1-3-19-15-7-5-4-6-14(15)18-16(19)9-13(20)8-12-10-21-11(2)17-12/h4-7,10H,3,8-9H2,1-2H3. The van der Waals surface area contributed by atoms with E-state index in [1.165, 1.54) is 0 Å². The zero-order valence-electron chi connectivity index (χ0n) is 12.2. The van der Waals surface area contributed by atoms with Gasteiger partial charge >= 0.3 is 0 Å². The number of aromatic nitrogens is 3. The third-order valence-corrected chi connectivity index (χ3v) is 4.27. The first-order valence-corrected chi connectivity index (χ1v) is 7.92. The van der Waals surface area contributed by atoms with Gasteiger partial charge < -0.3 is 4.57 Å². The minimum atomic E-state index is 0.158. The maximum atomic E-state index is 12.2. The van der Waals surface area contributed by atoms with Gasteiger partial charge in [-0.1, -0.05) is 12.1 Å². The predicted octanol–water partition coefficient (Wildman–Crippen LogP) is 3.18. The van der Waals surface area contributed by atoms with Gasteiger partial charge in [0.1, 0.15) is 11.6 Å². The summed E-state index contributed by atoms with van der Waals surface area (Å²) in [5, 5.41) is 2.95. The molecule has 0 bridgehead atoms. The number of aryl methyl sites for hydroxylation is 2. The lowest BCUT2D eigenvalue weighted by molar-refractivity contribution is -0.118. The van der Waals surface area contributed by atoms with Crippen LogP contribution in [0.5, 0.6) is 0 Å². The van der Waals surface area contributed by atoms with E-state index in [1.54, 1.807) is 11.3 Å². The van der Waals surface area contributed by atoms with Crippen molar-refractivity contribution in [3.05, 3.63) is 46.2 Å². The number of Topliss-reactive ketones (excluding diaryl/α,β-unsaturated/α-hetero) is 1. The molecule has 1 aromatic carbocycles. The SMILES string of the molecule is CCn1c(CC(=O)Cc2csc(C)n2)nc2ccccc21. The largest absolute Gasteiger partial charge is 0.328 e. The first kappa shape index (κ1) is 13.9. The molecular formula is C16H17N3OS. The number of thiazole rings is 1. The van der Waals surface area contributed by atoms with Gasteiger partial charge in [-0.2, -0.15) is 0 Å². The van der Waals surface area contributed by atoms with Gasteiger partial charge in [0.2, 0.25) is 0 Å². The van der Waals surface area contributed by atoms with Gasteiger partial charge in [-0.05, 0) is 26.0 Å². The maximum absolute atomic E-state index is 12.2. The molecule has 3 rings (SSSR count). The van der Waals surface area contributed by atoms with Gasteiger partial charge in [-0.15, -0.1) is 11.3 Å². The Hall–Kier alpha value is -2.01. The summed E-state index contributed by atoms with van der Waals surface area (Å²) in [5.41, 5.74) is 2.90. The Labute approximate surface area is 127 Å². The monoisotopic (exact) mass is 299 g/mol. The molecule has 0 radical (unpaired) electrons. The normalized spacial score (nSPS) is 11.1. The topological polar surface area (TPSA) is 47.8 Å². The summed E-state index contributed by atoms with van der Waals surface area (Å²) in [6.45, 7) is 4.85. The molecule has 4 nitrogen and oxygen atoms in total. The molecule has 0 saturated heterocycles. The van der Waals surface area contributed by atoms with Crippen molar-refractivity contribution in [2.24, 2.45) is 0 Å². The number of carbonyl (C=O) groups excluding carboxylic acids is 1. The minimum absolute atomic E-state index is 0.158. The summed E-state index contributed by atoms with van der Waals surface area (Å²) in [4.78, 5) is 21.2. The van der Waals surface area contributed by atoms with Gasteiger partial charge in [0.05, 0.1) is 28.2 Å². The van der Waals surface area contributed by atoms with Crippen LogP contribution in [0, 0.1) is 6.92 Å². The average molecular weight is 299 g/mol. The van der Waals surface area contributed by atoms with E-state index in [2.05, 4.69) is 21.5 Å². The van der Waals surface area contributed by atoms with E-state index in [-0.39, 0.29) is 5.78 Å². The lowest BCUT2D eigenvalue weighted by atomic mass is 10.2. The summed E-state index contributed by atoms with van der Waals surface area (Å²) in [6.07, 6.45) is 0.746. The average Bonchev–Trinajstić information content (AvgIpc) is 3.01. The Morgan fingerprint density at radius 3 is 2.76 bits per heavy atom. The Balaban J connectivity index is 1.82. The number of hydrogen-bond acceptors (Lipinski definition) is 4. The molecule has 0 aliphatic rings. The fourth-order valence-electron chi connectivity index (χ4n) is 2.54. The number of carbonyl (C=O) groups is 1. The van der Waals surface area contributed by atoms with E-state index in [4.69, 9.17) is 0 Å². The van der Waals surface area contributed by atoms with Crippen LogP contribution in [0.1, 0.15) is 23.4 Å². The van der Waals surface area contributed by atoms with E-state index in [0.29, 0.717) is 12.8 Å². The highest BCUT2D eigenvalue weighted by atomic mass is 32.1. The molecule has 0 atom stereocenters. The van der Waals surface area contributed by atoms with Crippen LogP contribution < -0.4 is 0 Å². The van der Waals surface area contributed by atoms with Crippen LogP contribution in [0.2, 0.25) is 0 Å². The van der Waals surface area contributed by atoms with Gasteiger partial charge in [-0.25, -0.2) is 9.97 Å². The van der Waals surface area contributed by atoms with Crippen molar-refractivity contribution in [1.29, 1.82) is 0 Å². The first-order valence-electron chi connectivity index (χ1n) is 7.04. The molecule has 0 fully saturated rings. The lowest BCUT2D eigenvalue weighted by Crippen LogP contribution is -2.12. The summed E-state index contributed by atoms with van der Waals surface area (Å²) < 4.78 is 2.11. The minimum Gasteiger partial charge on any atom is -0.328 e. The van der Waals surface area contributed by atoms with Gasteiger partial charge in [-0.3, -0.25) is 4.79 Å². The van der Waals surface area contributed by atoms with Gasteiger partial charge in [0, 0.05) is 18.3 Å². The van der Waals surface area contributed by atoms with E-state index in [9.17, 15) is 4.79 Å². The number of para-hydroxylation sites is 2. The fraction of sp³-hybridized carbons (Fsp3) is 0.312. The van der Waals surface area contributed by atoms with Crippen molar-refractivity contribution in [2.75, 3.05) is 0 Å². The number of hydrogen-bond donors (Lipinski definition) is 0. The fourth-order valence-corrected chi connectivity index (χ4v) is 3.16. The molecular weight excluding hydrogens is 282 g/mol. The Morgan fingerprint density at radius 2 is 2.05 bits per heavy atom. The highest BCUT2D eigenvalue weighted by molar-refractivity contribution is 7.09. The second-order valence-electron chi connectivity index (χ2n) is 5.01. The number of rotatable bonds is 5. The number of benzene rings is 1. The van der Waals surface area contributed by atoms with Crippen molar-refractivity contribution >= 4 is 28.2 Å². The smallest absolute Gasteiger partial charge is 0.146 e. The van der Waals surface area contributed by atoms with E-state index < -0.39 is 0 Å². The molecule has 108 valence electrons. The van der Waals surface area contributed by atoms with Crippen molar-refractivity contribution in [3.8, 4) is 0 Å². The second kappa shape index (κ2) is 5.77. The number of nitrogens with zero attached hydrogens (tertiary/aromatic N) is 3. The number of fused-ring (bicyclic) bond motifs is 1. The molecule has 0 saturated carbocycles. The quantitative estimate of drug-likeness (QED) is 0.727. The van der Waals surface area contributed by atoms with E-state index >= 15 is 0 Å². The van der Waals surface area contributed by atoms with Gasteiger partial charge in [0.25, 0.3) is 0 Å². The molecule has 3 aromatic rings. The summed E-state index contributed by atoms with van der Waals surface area (Å²) in [7, 11) is 0. The molecule has 0 N–H and O–H groups in total. The molecule has 21 heavy (non-hydrogen) atoms. The van der Waals surface area contributed by atoms with Crippen LogP contribution in [0.3, 0.4) is 0 Å². The predicted molar refractivity (Wildman–Crippen MR) is 84.7 cm³/mol.